The van der Waals surface area contributed by atoms with E-state index >= 15 is 0 Å². The van der Waals surface area contributed by atoms with Crippen LogP contribution in [0, 0.1) is 17.6 Å². The first-order valence-corrected chi connectivity index (χ1v) is 7.94. The van der Waals surface area contributed by atoms with Crippen molar-refractivity contribution in [1.82, 2.24) is 4.90 Å². The van der Waals surface area contributed by atoms with Crippen molar-refractivity contribution in [1.29, 1.82) is 0 Å². The number of carboxylic acids is 1. The lowest BCUT2D eigenvalue weighted by molar-refractivity contribution is -0.142. The maximum atomic E-state index is 13.3. The molecule has 23 heavy (non-hydrogen) atoms. The van der Waals surface area contributed by atoms with Crippen molar-refractivity contribution in [3.8, 4) is 0 Å². The monoisotopic (exact) mass is 323 g/mol. The molecule has 1 aliphatic heterocycles. The molecule has 1 amide bonds. The van der Waals surface area contributed by atoms with Crippen molar-refractivity contribution in [2.45, 2.75) is 44.1 Å². The van der Waals surface area contributed by atoms with Gasteiger partial charge in [-0.25, -0.2) is 8.78 Å². The highest BCUT2D eigenvalue weighted by molar-refractivity contribution is 5.84. The number of halogens is 2. The molecule has 3 atom stereocenters. The second-order valence-corrected chi connectivity index (χ2v) is 6.40. The third-order valence-electron chi connectivity index (χ3n) is 4.80. The van der Waals surface area contributed by atoms with Gasteiger partial charge in [-0.1, -0.05) is 6.07 Å². The van der Waals surface area contributed by atoms with Gasteiger partial charge in [-0.3, -0.25) is 9.59 Å². The molecule has 1 saturated carbocycles. The number of hydrogen-bond acceptors (Lipinski definition) is 2. The lowest BCUT2D eigenvalue weighted by Crippen LogP contribution is -2.45. The van der Waals surface area contributed by atoms with Gasteiger partial charge < -0.3 is 10.0 Å². The number of benzene rings is 1. The van der Waals surface area contributed by atoms with Crippen LogP contribution in [0.5, 0.6) is 0 Å². The summed E-state index contributed by atoms with van der Waals surface area (Å²) in [5.41, 5.74) is 0.633. The SMILES string of the molecule is O=C(O)C[C@@H]1CCCCN1C(=O)[C@H]1C[C@H]1c1ccc(F)c(F)c1. The largest absolute Gasteiger partial charge is 0.481 e. The zero-order chi connectivity index (χ0) is 16.6. The van der Waals surface area contributed by atoms with Crippen molar-refractivity contribution in [2.24, 2.45) is 5.92 Å². The summed E-state index contributed by atoms with van der Waals surface area (Å²) in [6, 6.07) is 3.50. The molecule has 1 aromatic carbocycles. The van der Waals surface area contributed by atoms with Crippen LogP contribution >= 0.6 is 0 Å². The number of hydrogen-bond donors (Lipinski definition) is 1. The third-order valence-corrected chi connectivity index (χ3v) is 4.80. The fraction of sp³-hybridized carbons (Fsp3) is 0.529. The molecular formula is C17H19F2NO3. The first kappa shape index (κ1) is 15.9. The Bertz CT molecular complexity index is 634. The average Bonchev–Trinajstić information content (AvgIpc) is 3.30. The van der Waals surface area contributed by atoms with Crippen LogP contribution in [0.3, 0.4) is 0 Å². The maximum Gasteiger partial charge on any atom is 0.305 e. The van der Waals surface area contributed by atoms with E-state index in [1.165, 1.54) is 6.07 Å². The summed E-state index contributed by atoms with van der Waals surface area (Å²) in [4.78, 5) is 25.3. The molecule has 4 nitrogen and oxygen atoms in total. The molecule has 0 radical (unpaired) electrons. The molecule has 2 aliphatic rings. The zero-order valence-corrected chi connectivity index (χ0v) is 12.7. The number of aliphatic carboxylic acids is 1. The van der Waals surface area contributed by atoms with Crippen LogP contribution < -0.4 is 0 Å². The summed E-state index contributed by atoms with van der Waals surface area (Å²) in [5.74, 6) is -3.08. The molecule has 0 spiro atoms. The number of rotatable bonds is 4. The molecule has 3 rings (SSSR count). The summed E-state index contributed by atoms with van der Waals surface area (Å²) in [6.07, 6.45) is 3.10. The van der Waals surface area contributed by atoms with Gasteiger partial charge in [-0.2, -0.15) is 0 Å². The third kappa shape index (κ3) is 3.35. The predicted octanol–water partition coefficient (Wildman–Crippen LogP) is 2.92. The minimum Gasteiger partial charge on any atom is -0.481 e. The molecule has 6 heteroatoms. The highest BCUT2D eigenvalue weighted by atomic mass is 19.2. The minimum atomic E-state index is -0.901. The summed E-state index contributed by atoms with van der Waals surface area (Å²) >= 11 is 0. The average molecular weight is 323 g/mol. The maximum absolute atomic E-state index is 13.3. The highest BCUT2D eigenvalue weighted by Crippen LogP contribution is 2.49. The number of nitrogens with zero attached hydrogens (tertiary/aromatic N) is 1. The van der Waals surface area contributed by atoms with E-state index in [0.717, 1.165) is 25.0 Å². The van der Waals surface area contributed by atoms with E-state index in [4.69, 9.17) is 5.11 Å². The molecule has 0 unspecified atom stereocenters. The number of carbonyl (C=O) groups is 2. The molecule has 1 saturated heterocycles. The van der Waals surface area contributed by atoms with E-state index in [2.05, 4.69) is 0 Å². The quantitative estimate of drug-likeness (QED) is 0.927. The van der Waals surface area contributed by atoms with Crippen molar-refractivity contribution in [3.05, 3.63) is 35.4 Å². The Morgan fingerprint density at radius 1 is 1.22 bits per heavy atom. The van der Waals surface area contributed by atoms with Gasteiger partial charge in [0.1, 0.15) is 0 Å². The Labute approximate surface area is 133 Å². The molecule has 1 aliphatic carbocycles. The highest BCUT2D eigenvalue weighted by Gasteiger charge is 2.47. The summed E-state index contributed by atoms with van der Waals surface area (Å²) in [7, 11) is 0. The van der Waals surface area contributed by atoms with Crippen LogP contribution in [0.1, 0.15) is 43.6 Å². The lowest BCUT2D eigenvalue weighted by atomic mass is 9.98. The topological polar surface area (TPSA) is 57.6 Å². The Morgan fingerprint density at radius 2 is 2.00 bits per heavy atom. The van der Waals surface area contributed by atoms with Crippen LogP contribution in [0.15, 0.2) is 18.2 Å². The lowest BCUT2D eigenvalue weighted by Gasteiger charge is -2.35. The molecule has 1 heterocycles. The standard InChI is InChI=1S/C17H19F2NO3/c18-14-5-4-10(7-15(14)19)12-9-13(12)17(23)20-6-2-1-3-11(20)8-16(21)22/h4-5,7,11-13H,1-3,6,8-9H2,(H,21,22)/t11-,12-,13-/m0/s1. The molecular weight excluding hydrogens is 304 g/mol. The Balaban J connectivity index is 1.68. The van der Waals surface area contributed by atoms with Gasteiger partial charge in [0.15, 0.2) is 11.6 Å². The van der Waals surface area contributed by atoms with E-state index in [0.29, 0.717) is 24.9 Å². The van der Waals surface area contributed by atoms with Gasteiger partial charge in [-0.15, -0.1) is 0 Å². The number of carbonyl (C=O) groups excluding carboxylic acids is 1. The smallest absolute Gasteiger partial charge is 0.305 e. The summed E-state index contributed by atoms with van der Waals surface area (Å²) in [6.45, 7) is 0.581. The van der Waals surface area contributed by atoms with Crippen LogP contribution in [0.25, 0.3) is 0 Å². The molecule has 124 valence electrons. The predicted molar refractivity (Wildman–Crippen MR) is 78.8 cm³/mol. The van der Waals surface area contributed by atoms with Crippen molar-refractivity contribution in [2.75, 3.05) is 6.54 Å². The number of carboxylic acid groups (broad SMARTS) is 1. The van der Waals surface area contributed by atoms with E-state index < -0.39 is 17.6 Å². The molecule has 0 bridgehead atoms. The molecule has 1 N–H and O–H groups in total. The normalized spacial score (nSPS) is 26.9. The minimum absolute atomic E-state index is 0.0334. The summed E-state index contributed by atoms with van der Waals surface area (Å²) in [5, 5.41) is 8.99. The zero-order valence-electron chi connectivity index (χ0n) is 12.7. The first-order chi connectivity index (χ1) is 11.0. The Morgan fingerprint density at radius 3 is 2.70 bits per heavy atom. The van der Waals surface area contributed by atoms with Crippen molar-refractivity contribution < 1.29 is 23.5 Å². The number of amides is 1. The van der Waals surface area contributed by atoms with E-state index in [1.54, 1.807) is 4.90 Å². The van der Waals surface area contributed by atoms with Gasteiger partial charge in [0.05, 0.1) is 6.42 Å². The van der Waals surface area contributed by atoms with Crippen LogP contribution in [0.4, 0.5) is 8.78 Å². The second kappa shape index (κ2) is 6.26. The van der Waals surface area contributed by atoms with Gasteiger partial charge in [-0.05, 0) is 49.3 Å². The Kier molecular flexibility index (Phi) is 4.33. The van der Waals surface area contributed by atoms with E-state index in [-0.39, 0.29) is 30.2 Å². The van der Waals surface area contributed by atoms with Crippen molar-refractivity contribution >= 4 is 11.9 Å². The van der Waals surface area contributed by atoms with E-state index in [1.807, 2.05) is 0 Å². The molecule has 2 fully saturated rings. The summed E-state index contributed by atoms with van der Waals surface area (Å²) < 4.78 is 26.3. The number of piperidine rings is 1. The number of likely N-dealkylation sites (tertiary alicyclic amines) is 1. The van der Waals surface area contributed by atoms with Crippen LogP contribution in [0.2, 0.25) is 0 Å². The molecule has 0 aromatic heterocycles. The van der Waals surface area contributed by atoms with Gasteiger partial charge in [0.25, 0.3) is 0 Å². The van der Waals surface area contributed by atoms with Gasteiger partial charge in [0.2, 0.25) is 5.91 Å². The Hall–Kier alpha value is -1.98. The van der Waals surface area contributed by atoms with Gasteiger partial charge in [0, 0.05) is 18.5 Å². The van der Waals surface area contributed by atoms with Crippen LogP contribution in [-0.2, 0) is 9.59 Å². The van der Waals surface area contributed by atoms with Gasteiger partial charge >= 0.3 is 5.97 Å². The van der Waals surface area contributed by atoms with Crippen molar-refractivity contribution in [3.63, 3.8) is 0 Å². The second-order valence-electron chi connectivity index (χ2n) is 6.40. The van der Waals surface area contributed by atoms with E-state index in [9.17, 15) is 18.4 Å². The van der Waals surface area contributed by atoms with Crippen LogP contribution in [-0.4, -0.2) is 34.5 Å². The fourth-order valence-electron chi connectivity index (χ4n) is 3.50. The molecule has 1 aromatic rings. The first-order valence-electron chi connectivity index (χ1n) is 7.94. The fourth-order valence-corrected chi connectivity index (χ4v) is 3.50.